The monoisotopic (exact) mass is 372 g/mol. The number of hydrogen-bond acceptors (Lipinski definition) is 5. The molecule has 0 saturated heterocycles. The van der Waals surface area contributed by atoms with Crippen LogP contribution in [0.3, 0.4) is 0 Å². The molecule has 0 spiro atoms. The molecule has 0 radical (unpaired) electrons. The number of anilines is 1. The highest BCUT2D eigenvalue weighted by Crippen LogP contribution is 2.29. The molecule has 0 unspecified atom stereocenters. The molecule has 7 nitrogen and oxygen atoms in total. The fourth-order valence-corrected chi connectivity index (χ4v) is 2.55. The van der Waals surface area contributed by atoms with Gasteiger partial charge in [0.1, 0.15) is 11.5 Å². The molecular weight excluding hydrogens is 348 g/mol. The first-order valence-corrected chi connectivity index (χ1v) is 8.57. The summed E-state index contributed by atoms with van der Waals surface area (Å²) in [5, 5.41) is 5.53. The molecule has 2 rings (SSSR count). The van der Waals surface area contributed by atoms with Crippen LogP contribution >= 0.6 is 0 Å². The maximum atomic E-state index is 12.6. The van der Waals surface area contributed by atoms with E-state index in [0.29, 0.717) is 17.2 Å². The lowest BCUT2D eigenvalue weighted by atomic mass is 10.0. The van der Waals surface area contributed by atoms with E-state index in [-0.39, 0.29) is 18.9 Å². The first-order chi connectivity index (χ1) is 13.1. The van der Waals surface area contributed by atoms with E-state index in [1.165, 1.54) is 7.11 Å². The second kappa shape index (κ2) is 10.1. The Kier molecular flexibility index (Phi) is 7.49. The Hall–Kier alpha value is -3.22. The van der Waals surface area contributed by atoms with Crippen molar-refractivity contribution in [2.45, 2.75) is 19.4 Å². The maximum Gasteiger partial charge on any atom is 0.407 e. The third-order valence-electron chi connectivity index (χ3n) is 3.84. The number of methoxy groups -OCH3 is 2. The molecule has 0 aliphatic heterocycles. The number of carbonyl (C=O) groups is 2. The molecule has 2 N–H and O–H groups in total. The fraction of sp³-hybridized carbons (Fsp3) is 0.300. The number of carbonyl (C=O) groups excluding carboxylic acids is 2. The third kappa shape index (κ3) is 5.91. The molecular formula is C20H24N2O5. The largest absolute Gasteiger partial charge is 0.497 e. The summed E-state index contributed by atoms with van der Waals surface area (Å²) < 4.78 is 15.4. The minimum Gasteiger partial charge on any atom is -0.497 e. The van der Waals surface area contributed by atoms with E-state index in [0.717, 1.165) is 5.56 Å². The van der Waals surface area contributed by atoms with Crippen LogP contribution in [0.5, 0.6) is 11.5 Å². The highest BCUT2D eigenvalue weighted by Gasteiger charge is 2.20. The fourth-order valence-electron chi connectivity index (χ4n) is 2.55. The number of hydrogen-bond donors (Lipinski definition) is 2. The summed E-state index contributed by atoms with van der Waals surface area (Å²) in [4.78, 5) is 24.5. The molecule has 2 aromatic rings. The van der Waals surface area contributed by atoms with Crippen LogP contribution in [0, 0.1) is 0 Å². The quantitative estimate of drug-likeness (QED) is 0.740. The molecule has 7 heteroatoms. The van der Waals surface area contributed by atoms with Crippen molar-refractivity contribution in [2.75, 3.05) is 26.1 Å². The summed E-state index contributed by atoms with van der Waals surface area (Å²) in [6.45, 7) is 1.97. The molecule has 0 fully saturated rings. The molecule has 0 heterocycles. The van der Waals surface area contributed by atoms with Gasteiger partial charge in [0.2, 0.25) is 5.91 Å². The van der Waals surface area contributed by atoms with Crippen LogP contribution in [0.2, 0.25) is 0 Å². The standard InChI is InChI=1S/C20H24N2O5/c1-4-27-20(24)22-16(14-8-6-5-7-9-14)13-19(23)21-17-12-15(25-2)10-11-18(17)26-3/h5-12,16H,4,13H2,1-3H3,(H,21,23)(H,22,24)/t16-/m0/s1. The first-order valence-electron chi connectivity index (χ1n) is 8.57. The minimum atomic E-state index is -0.571. The van der Waals surface area contributed by atoms with E-state index in [1.807, 2.05) is 30.3 Å². The first kappa shape index (κ1) is 20.1. The van der Waals surface area contributed by atoms with Gasteiger partial charge in [-0.15, -0.1) is 0 Å². The van der Waals surface area contributed by atoms with Gasteiger partial charge in [0, 0.05) is 6.07 Å². The Morgan fingerprint density at radius 1 is 1.04 bits per heavy atom. The van der Waals surface area contributed by atoms with Crippen LogP contribution in [0.4, 0.5) is 10.5 Å². The van der Waals surface area contributed by atoms with Gasteiger partial charge in [-0.25, -0.2) is 4.79 Å². The van der Waals surface area contributed by atoms with Crippen molar-refractivity contribution in [1.82, 2.24) is 5.32 Å². The lowest BCUT2D eigenvalue weighted by Crippen LogP contribution is -2.32. The number of rotatable bonds is 8. The van der Waals surface area contributed by atoms with Gasteiger partial charge in [-0.1, -0.05) is 30.3 Å². The van der Waals surface area contributed by atoms with Crippen LogP contribution in [0.25, 0.3) is 0 Å². The predicted molar refractivity (Wildman–Crippen MR) is 102 cm³/mol. The minimum absolute atomic E-state index is 0.0309. The van der Waals surface area contributed by atoms with Gasteiger partial charge in [-0.3, -0.25) is 4.79 Å². The SMILES string of the molecule is CCOC(=O)N[C@@H](CC(=O)Nc1cc(OC)ccc1OC)c1ccccc1. The molecule has 1 atom stereocenters. The van der Waals surface area contributed by atoms with Gasteiger partial charge < -0.3 is 24.8 Å². The van der Waals surface area contributed by atoms with E-state index in [9.17, 15) is 9.59 Å². The Labute approximate surface area is 158 Å². The summed E-state index contributed by atoms with van der Waals surface area (Å²) in [5.74, 6) is 0.821. The highest BCUT2D eigenvalue weighted by molar-refractivity contribution is 5.93. The van der Waals surface area contributed by atoms with Crippen molar-refractivity contribution >= 4 is 17.7 Å². The van der Waals surface area contributed by atoms with Gasteiger partial charge in [-0.05, 0) is 24.6 Å². The predicted octanol–water partition coefficient (Wildman–Crippen LogP) is 3.52. The van der Waals surface area contributed by atoms with Gasteiger partial charge in [0.15, 0.2) is 0 Å². The van der Waals surface area contributed by atoms with E-state index in [2.05, 4.69) is 10.6 Å². The number of nitrogens with one attached hydrogen (secondary N) is 2. The number of amides is 2. The molecule has 2 aromatic carbocycles. The molecule has 0 aliphatic carbocycles. The zero-order valence-corrected chi connectivity index (χ0v) is 15.7. The van der Waals surface area contributed by atoms with E-state index >= 15 is 0 Å². The normalized spacial score (nSPS) is 11.2. The second-order valence-corrected chi connectivity index (χ2v) is 5.65. The summed E-state index contributed by atoms with van der Waals surface area (Å²) in [6, 6.07) is 13.8. The number of ether oxygens (including phenoxy) is 3. The number of alkyl carbamates (subject to hydrolysis) is 1. The van der Waals surface area contributed by atoms with Gasteiger partial charge in [0.05, 0.1) is 39.0 Å². The van der Waals surface area contributed by atoms with Crippen molar-refractivity contribution < 1.29 is 23.8 Å². The van der Waals surface area contributed by atoms with Crippen LogP contribution < -0.4 is 20.1 Å². The lowest BCUT2D eigenvalue weighted by molar-refractivity contribution is -0.116. The number of benzene rings is 2. The smallest absolute Gasteiger partial charge is 0.407 e. The average Bonchev–Trinajstić information content (AvgIpc) is 2.68. The van der Waals surface area contributed by atoms with Gasteiger partial charge in [0.25, 0.3) is 0 Å². The van der Waals surface area contributed by atoms with Crippen molar-refractivity contribution in [3.63, 3.8) is 0 Å². The van der Waals surface area contributed by atoms with Crippen LogP contribution in [-0.2, 0) is 9.53 Å². The molecule has 0 bridgehead atoms. The average molecular weight is 372 g/mol. The zero-order chi connectivity index (χ0) is 19.6. The molecule has 0 aromatic heterocycles. The summed E-state index contributed by atoms with van der Waals surface area (Å²) in [5.41, 5.74) is 1.29. The summed E-state index contributed by atoms with van der Waals surface area (Å²) in [7, 11) is 3.06. The van der Waals surface area contributed by atoms with Gasteiger partial charge in [-0.2, -0.15) is 0 Å². The summed E-state index contributed by atoms with van der Waals surface area (Å²) in [6.07, 6.45) is -0.540. The summed E-state index contributed by atoms with van der Waals surface area (Å²) >= 11 is 0. The Morgan fingerprint density at radius 3 is 2.41 bits per heavy atom. The Bertz CT molecular complexity index is 764. The molecule has 0 aliphatic rings. The zero-order valence-electron chi connectivity index (χ0n) is 15.7. The van der Waals surface area contributed by atoms with Crippen LogP contribution in [0.1, 0.15) is 24.9 Å². The Morgan fingerprint density at radius 2 is 1.78 bits per heavy atom. The van der Waals surface area contributed by atoms with Crippen molar-refractivity contribution in [3.8, 4) is 11.5 Å². The van der Waals surface area contributed by atoms with E-state index in [1.54, 1.807) is 32.2 Å². The molecule has 2 amide bonds. The van der Waals surface area contributed by atoms with Crippen molar-refractivity contribution in [1.29, 1.82) is 0 Å². The third-order valence-corrected chi connectivity index (χ3v) is 3.84. The van der Waals surface area contributed by atoms with E-state index in [4.69, 9.17) is 14.2 Å². The second-order valence-electron chi connectivity index (χ2n) is 5.65. The molecule has 144 valence electrons. The molecule has 27 heavy (non-hydrogen) atoms. The van der Waals surface area contributed by atoms with E-state index < -0.39 is 12.1 Å². The van der Waals surface area contributed by atoms with Gasteiger partial charge >= 0.3 is 6.09 Å². The Balaban J connectivity index is 2.15. The lowest BCUT2D eigenvalue weighted by Gasteiger charge is -2.19. The van der Waals surface area contributed by atoms with Crippen molar-refractivity contribution in [3.05, 3.63) is 54.1 Å². The molecule has 0 saturated carbocycles. The van der Waals surface area contributed by atoms with Crippen LogP contribution in [-0.4, -0.2) is 32.8 Å². The topological polar surface area (TPSA) is 85.9 Å². The maximum absolute atomic E-state index is 12.6. The van der Waals surface area contributed by atoms with Crippen LogP contribution in [0.15, 0.2) is 48.5 Å². The highest BCUT2D eigenvalue weighted by atomic mass is 16.5. The van der Waals surface area contributed by atoms with Crippen molar-refractivity contribution in [2.24, 2.45) is 0 Å².